The van der Waals surface area contributed by atoms with Gasteiger partial charge in [-0.2, -0.15) is 0 Å². The third-order valence-electron chi connectivity index (χ3n) is 4.07. The Morgan fingerprint density at radius 1 is 1.04 bits per heavy atom. The summed E-state index contributed by atoms with van der Waals surface area (Å²) in [5.74, 6) is -0.0158. The van der Waals surface area contributed by atoms with Crippen molar-refractivity contribution in [2.75, 3.05) is 15.8 Å². The van der Waals surface area contributed by atoms with Crippen LogP contribution in [0.15, 0.2) is 59.5 Å². The predicted octanol–water partition coefficient (Wildman–Crippen LogP) is 2.61. The van der Waals surface area contributed by atoms with Crippen molar-refractivity contribution in [3.05, 3.63) is 70.5 Å². The number of anilines is 2. The van der Waals surface area contributed by atoms with E-state index in [9.17, 15) is 18.0 Å². The number of hydrogen-bond donors (Lipinski definition) is 4. The van der Waals surface area contributed by atoms with E-state index in [4.69, 9.17) is 0 Å². The summed E-state index contributed by atoms with van der Waals surface area (Å²) in [6.45, 7) is 1.84. The highest BCUT2D eigenvalue weighted by Crippen LogP contribution is 2.15. The van der Waals surface area contributed by atoms with E-state index in [1.54, 1.807) is 49.5 Å². The number of fused-ring (bicyclic) bond motifs is 1. The number of H-pyrrole nitrogens is 1. The maximum absolute atomic E-state index is 12.1. The molecule has 28 heavy (non-hydrogen) atoms. The van der Waals surface area contributed by atoms with Crippen LogP contribution in [0.3, 0.4) is 0 Å². The van der Waals surface area contributed by atoms with Gasteiger partial charge in [0.2, 0.25) is 10.0 Å². The molecule has 3 aromatic rings. The lowest BCUT2D eigenvalue weighted by molar-refractivity contribution is 0.251. The number of rotatable bonds is 6. The SMILES string of the molecule is CCS(=O)(=O)Nc1ccc(NC(=O)NCc2ccc3c(=O)cc[nH]c3c2)cc1. The Labute approximate surface area is 162 Å². The molecule has 4 N–H and O–H groups in total. The van der Waals surface area contributed by atoms with E-state index in [1.165, 1.54) is 6.07 Å². The number of nitrogens with one attached hydrogen (secondary N) is 4. The van der Waals surface area contributed by atoms with E-state index in [0.717, 1.165) is 5.56 Å². The molecular weight excluding hydrogens is 380 g/mol. The minimum Gasteiger partial charge on any atom is -0.361 e. The average Bonchev–Trinajstić information content (AvgIpc) is 2.68. The van der Waals surface area contributed by atoms with Gasteiger partial charge < -0.3 is 15.6 Å². The first kappa shape index (κ1) is 19.4. The fourth-order valence-corrected chi connectivity index (χ4v) is 3.20. The van der Waals surface area contributed by atoms with Crippen molar-refractivity contribution in [2.45, 2.75) is 13.5 Å². The molecule has 0 saturated heterocycles. The van der Waals surface area contributed by atoms with Gasteiger partial charge in [-0.1, -0.05) is 6.07 Å². The molecule has 3 rings (SSSR count). The summed E-state index contributed by atoms with van der Waals surface area (Å²) in [7, 11) is -3.34. The van der Waals surface area contributed by atoms with Crippen molar-refractivity contribution in [2.24, 2.45) is 0 Å². The van der Waals surface area contributed by atoms with Crippen LogP contribution < -0.4 is 20.8 Å². The molecule has 0 spiro atoms. The normalized spacial score (nSPS) is 11.2. The first-order chi connectivity index (χ1) is 13.4. The molecule has 0 aliphatic carbocycles. The fraction of sp³-hybridized carbons (Fsp3) is 0.158. The number of sulfonamides is 1. The summed E-state index contributed by atoms with van der Waals surface area (Å²) < 4.78 is 25.5. The van der Waals surface area contributed by atoms with Gasteiger partial charge >= 0.3 is 6.03 Å². The standard InChI is InChI=1S/C19H20N4O4S/c1-2-28(26,27)23-15-6-4-14(5-7-15)22-19(25)21-12-13-3-8-16-17(11-13)20-10-9-18(16)24/h3-11,23H,2,12H2,1H3,(H,20,24)(H2,21,22,25). The van der Waals surface area contributed by atoms with Gasteiger partial charge in [-0.3, -0.25) is 9.52 Å². The molecule has 9 heteroatoms. The number of aromatic amines is 1. The third kappa shape index (κ3) is 4.89. The number of pyridine rings is 1. The summed E-state index contributed by atoms with van der Waals surface area (Å²) in [6, 6.07) is 12.7. The van der Waals surface area contributed by atoms with Gasteiger partial charge in [0.15, 0.2) is 5.43 Å². The molecule has 2 aromatic carbocycles. The molecule has 0 bridgehead atoms. The summed E-state index contributed by atoms with van der Waals surface area (Å²) in [5.41, 5.74) is 2.44. The van der Waals surface area contributed by atoms with Crippen molar-refractivity contribution in [3.8, 4) is 0 Å². The highest BCUT2D eigenvalue weighted by atomic mass is 32.2. The first-order valence-corrected chi connectivity index (χ1v) is 10.3. The first-order valence-electron chi connectivity index (χ1n) is 8.62. The Bertz CT molecular complexity index is 1150. The number of urea groups is 1. The van der Waals surface area contributed by atoms with Crippen LogP contribution in [0.25, 0.3) is 10.9 Å². The van der Waals surface area contributed by atoms with Crippen molar-refractivity contribution in [1.82, 2.24) is 10.3 Å². The maximum atomic E-state index is 12.1. The number of amides is 2. The zero-order valence-corrected chi connectivity index (χ0v) is 16.0. The molecule has 0 unspecified atom stereocenters. The minimum atomic E-state index is -3.34. The van der Waals surface area contributed by atoms with Crippen molar-refractivity contribution in [1.29, 1.82) is 0 Å². The van der Waals surface area contributed by atoms with E-state index in [1.807, 2.05) is 6.07 Å². The Hall–Kier alpha value is -3.33. The van der Waals surface area contributed by atoms with Crippen molar-refractivity contribution in [3.63, 3.8) is 0 Å². The third-order valence-corrected chi connectivity index (χ3v) is 5.38. The number of hydrogen-bond acceptors (Lipinski definition) is 4. The van der Waals surface area contributed by atoms with Crippen LogP contribution in [0.2, 0.25) is 0 Å². The second-order valence-electron chi connectivity index (χ2n) is 6.11. The lowest BCUT2D eigenvalue weighted by atomic mass is 10.1. The second-order valence-corrected chi connectivity index (χ2v) is 8.12. The Balaban J connectivity index is 1.58. The van der Waals surface area contributed by atoms with Gasteiger partial charge in [-0.25, -0.2) is 13.2 Å². The highest BCUT2D eigenvalue weighted by molar-refractivity contribution is 7.92. The maximum Gasteiger partial charge on any atom is 0.319 e. The van der Waals surface area contributed by atoms with E-state index >= 15 is 0 Å². The summed E-state index contributed by atoms with van der Waals surface area (Å²) in [5, 5.41) is 6.00. The van der Waals surface area contributed by atoms with Gasteiger partial charge in [0.1, 0.15) is 0 Å². The number of carbonyl (C=O) groups is 1. The van der Waals surface area contributed by atoms with E-state index in [-0.39, 0.29) is 17.7 Å². The van der Waals surface area contributed by atoms with Gasteiger partial charge in [-0.05, 0) is 48.9 Å². The average molecular weight is 400 g/mol. The Morgan fingerprint density at radius 3 is 2.46 bits per heavy atom. The molecule has 1 aromatic heterocycles. The molecule has 8 nitrogen and oxygen atoms in total. The molecule has 0 fully saturated rings. The van der Waals surface area contributed by atoms with Crippen molar-refractivity contribution < 1.29 is 13.2 Å². The zero-order chi connectivity index (χ0) is 20.1. The van der Waals surface area contributed by atoms with E-state index in [2.05, 4.69) is 20.3 Å². The van der Waals surface area contributed by atoms with E-state index < -0.39 is 16.1 Å². The molecule has 0 radical (unpaired) electrons. The van der Waals surface area contributed by atoms with Crippen LogP contribution in [0.1, 0.15) is 12.5 Å². The Morgan fingerprint density at radius 2 is 1.75 bits per heavy atom. The van der Waals surface area contributed by atoms with E-state index in [0.29, 0.717) is 22.3 Å². The molecule has 146 valence electrons. The monoisotopic (exact) mass is 400 g/mol. The molecule has 0 atom stereocenters. The largest absolute Gasteiger partial charge is 0.361 e. The van der Waals surface area contributed by atoms with Crippen LogP contribution in [-0.2, 0) is 16.6 Å². The number of aromatic nitrogens is 1. The topological polar surface area (TPSA) is 120 Å². The lowest BCUT2D eigenvalue weighted by Crippen LogP contribution is -2.28. The highest BCUT2D eigenvalue weighted by Gasteiger charge is 2.07. The molecule has 2 amide bonds. The molecule has 0 aliphatic heterocycles. The number of carbonyl (C=O) groups excluding carboxylic acids is 1. The summed E-state index contributed by atoms with van der Waals surface area (Å²) in [6.07, 6.45) is 1.58. The quantitative estimate of drug-likeness (QED) is 0.508. The van der Waals surface area contributed by atoms with Crippen LogP contribution in [0, 0.1) is 0 Å². The fourth-order valence-electron chi connectivity index (χ4n) is 2.56. The van der Waals surface area contributed by atoms with Gasteiger partial charge in [-0.15, -0.1) is 0 Å². The summed E-state index contributed by atoms with van der Waals surface area (Å²) in [4.78, 5) is 26.8. The lowest BCUT2D eigenvalue weighted by Gasteiger charge is -2.10. The minimum absolute atomic E-state index is 0.0158. The van der Waals surface area contributed by atoms with Gasteiger partial charge in [0.05, 0.1) is 5.75 Å². The van der Waals surface area contributed by atoms with Crippen LogP contribution >= 0.6 is 0 Å². The van der Waals surface area contributed by atoms with Gasteiger partial charge in [0.25, 0.3) is 0 Å². The molecule has 0 aliphatic rings. The van der Waals surface area contributed by atoms with Crippen LogP contribution in [0.4, 0.5) is 16.2 Å². The van der Waals surface area contributed by atoms with Gasteiger partial charge in [0, 0.05) is 41.1 Å². The molecule has 0 saturated carbocycles. The molecule has 1 heterocycles. The Kier molecular flexibility index (Phi) is 5.65. The zero-order valence-electron chi connectivity index (χ0n) is 15.2. The summed E-state index contributed by atoms with van der Waals surface area (Å²) >= 11 is 0. The predicted molar refractivity (Wildman–Crippen MR) is 110 cm³/mol. The smallest absolute Gasteiger partial charge is 0.319 e. The molecular formula is C19H20N4O4S. The van der Waals surface area contributed by atoms with Crippen LogP contribution in [-0.4, -0.2) is 25.2 Å². The van der Waals surface area contributed by atoms with Crippen molar-refractivity contribution >= 4 is 38.3 Å². The number of benzene rings is 2. The van der Waals surface area contributed by atoms with Crippen LogP contribution in [0.5, 0.6) is 0 Å². The second kappa shape index (κ2) is 8.13.